The van der Waals surface area contributed by atoms with E-state index in [9.17, 15) is 9.50 Å². The highest BCUT2D eigenvalue weighted by Gasteiger charge is 2.24. The molecule has 0 aliphatic carbocycles. The molecule has 3 N–H and O–H groups in total. The van der Waals surface area contributed by atoms with Crippen LogP contribution in [0, 0.1) is 5.82 Å². The molecule has 0 saturated heterocycles. The van der Waals surface area contributed by atoms with Gasteiger partial charge in [-0.25, -0.2) is 4.39 Å². The van der Waals surface area contributed by atoms with E-state index in [1.54, 1.807) is 30.3 Å². The molecule has 0 radical (unpaired) electrons. The van der Waals surface area contributed by atoms with E-state index in [1.165, 1.54) is 6.07 Å². The zero-order valence-corrected chi connectivity index (χ0v) is 14.0. The van der Waals surface area contributed by atoms with E-state index in [4.69, 9.17) is 28.9 Å². The molecule has 2 unspecified atom stereocenters. The minimum Gasteiger partial charge on any atom is -0.388 e. The van der Waals surface area contributed by atoms with Crippen molar-refractivity contribution in [1.82, 2.24) is 0 Å². The highest BCUT2D eigenvalue weighted by Crippen LogP contribution is 2.36. The van der Waals surface area contributed by atoms with Gasteiger partial charge in [-0.3, -0.25) is 0 Å². The third-order valence-corrected chi connectivity index (χ3v) is 4.49. The van der Waals surface area contributed by atoms with E-state index >= 15 is 0 Å². The number of aliphatic hydroxyl groups is 1. The van der Waals surface area contributed by atoms with Crippen molar-refractivity contribution in [1.29, 1.82) is 0 Å². The van der Waals surface area contributed by atoms with Crippen molar-refractivity contribution in [3.8, 4) is 0 Å². The summed E-state index contributed by atoms with van der Waals surface area (Å²) in [6, 6.07) is 9.47. The lowest BCUT2D eigenvalue weighted by atomic mass is 9.89. The first-order chi connectivity index (χ1) is 9.93. The van der Waals surface area contributed by atoms with Gasteiger partial charge in [-0.1, -0.05) is 35.3 Å². The van der Waals surface area contributed by atoms with Crippen LogP contribution in [0.25, 0.3) is 0 Å². The van der Waals surface area contributed by atoms with Crippen molar-refractivity contribution >= 4 is 39.1 Å². The van der Waals surface area contributed by atoms with E-state index in [0.717, 1.165) is 0 Å². The Labute approximate surface area is 140 Å². The van der Waals surface area contributed by atoms with E-state index in [-0.39, 0.29) is 6.54 Å². The Balaban J connectivity index is 2.37. The predicted octanol–water partition coefficient (Wildman–Crippen LogP) is 4.67. The monoisotopic (exact) mass is 391 g/mol. The second-order valence-corrected chi connectivity index (χ2v) is 6.32. The molecule has 0 aliphatic heterocycles. The van der Waals surface area contributed by atoms with Gasteiger partial charge in [0, 0.05) is 22.5 Å². The number of nitrogens with two attached hydrogens (primary N) is 1. The Hall–Kier alpha value is -0.650. The van der Waals surface area contributed by atoms with Gasteiger partial charge in [0.05, 0.1) is 10.6 Å². The Kier molecular flexibility index (Phi) is 5.63. The molecule has 2 nitrogen and oxygen atoms in total. The summed E-state index contributed by atoms with van der Waals surface area (Å²) in [5.41, 5.74) is 6.89. The molecule has 0 aliphatic rings. The molecular weight excluding hydrogens is 380 g/mol. The number of aliphatic hydroxyl groups excluding tert-OH is 1. The molecule has 2 rings (SSSR count). The van der Waals surface area contributed by atoms with Crippen molar-refractivity contribution in [2.75, 3.05) is 6.54 Å². The molecule has 0 fully saturated rings. The first-order valence-corrected chi connectivity index (χ1v) is 7.77. The lowest BCUT2D eigenvalue weighted by Gasteiger charge is -2.23. The summed E-state index contributed by atoms with van der Waals surface area (Å²) >= 11 is 15.1. The van der Waals surface area contributed by atoms with E-state index in [0.29, 0.717) is 25.6 Å². The fourth-order valence-corrected chi connectivity index (χ4v) is 2.95. The summed E-state index contributed by atoms with van der Waals surface area (Å²) in [5, 5.41) is 11.4. The highest BCUT2D eigenvalue weighted by molar-refractivity contribution is 9.10. The zero-order chi connectivity index (χ0) is 15.6. The Morgan fingerprint density at radius 2 is 1.90 bits per heavy atom. The van der Waals surface area contributed by atoms with Crippen LogP contribution in [0.3, 0.4) is 0 Å². The van der Waals surface area contributed by atoms with Crippen LogP contribution in [0.4, 0.5) is 4.39 Å². The number of hydrogen-bond acceptors (Lipinski definition) is 2. The van der Waals surface area contributed by atoms with Crippen molar-refractivity contribution in [2.45, 2.75) is 12.0 Å². The number of hydrogen-bond donors (Lipinski definition) is 2. The van der Waals surface area contributed by atoms with Gasteiger partial charge in [0.25, 0.3) is 0 Å². The predicted molar refractivity (Wildman–Crippen MR) is 87.3 cm³/mol. The third kappa shape index (κ3) is 3.76. The van der Waals surface area contributed by atoms with Crippen LogP contribution >= 0.6 is 39.1 Å². The van der Waals surface area contributed by atoms with Crippen molar-refractivity contribution in [2.24, 2.45) is 5.73 Å². The van der Waals surface area contributed by atoms with Gasteiger partial charge < -0.3 is 10.8 Å². The van der Waals surface area contributed by atoms with Crippen LogP contribution in [-0.4, -0.2) is 11.7 Å². The highest BCUT2D eigenvalue weighted by atomic mass is 79.9. The Bertz CT molecular complexity index is 654. The van der Waals surface area contributed by atoms with Gasteiger partial charge in [-0.2, -0.15) is 0 Å². The van der Waals surface area contributed by atoms with Gasteiger partial charge >= 0.3 is 0 Å². The van der Waals surface area contributed by atoms with Crippen LogP contribution < -0.4 is 5.73 Å². The number of halogens is 4. The standard InChI is InChI=1S/C15H13BrCl2FNO/c16-12-4-1-8(5-14(12)19)15(21)11(7-20)10-3-2-9(17)6-13(10)18/h1-6,11,15,21H,7,20H2. The maximum atomic E-state index is 13.6. The molecule has 0 heterocycles. The van der Waals surface area contributed by atoms with Crippen molar-refractivity contribution < 1.29 is 9.50 Å². The molecule has 0 bridgehead atoms. The number of rotatable bonds is 4. The average molecular weight is 393 g/mol. The maximum Gasteiger partial charge on any atom is 0.137 e. The molecule has 2 aromatic rings. The van der Waals surface area contributed by atoms with Gasteiger partial charge in [-0.05, 0) is 51.3 Å². The molecule has 0 aromatic heterocycles. The van der Waals surface area contributed by atoms with Crippen molar-refractivity contribution in [3.63, 3.8) is 0 Å². The summed E-state index contributed by atoms with van der Waals surface area (Å²) in [6.45, 7) is 0.167. The first kappa shape index (κ1) is 16.7. The van der Waals surface area contributed by atoms with Crippen LogP contribution in [0.2, 0.25) is 10.0 Å². The average Bonchev–Trinajstić information content (AvgIpc) is 2.44. The fraction of sp³-hybridized carbons (Fsp3) is 0.200. The van der Waals surface area contributed by atoms with Crippen LogP contribution in [0.15, 0.2) is 40.9 Å². The minimum atomic E-state index is -0.962. The minimum absolute atomic E-state index is 0.167. The normalized spacial score (nSPS) is 14.0. The third-order valence-electron chi connectivity index (χ3n) is 3.28. The van der Waals surface area contributed by atoms with Crippen LogP contribution in [0.5, 0.6) is 0 Å². The molecule has 0 spiro atoms. The SMILES string of the molecule is NCC(c1ccc(Cl)cc1Cl)C(O)c1ccc(Br)c(F)c1. The molecule has 0 saturated carbocycles. The van der Waals surface area contributed by atoms with E-state index < -0.39 is 17.8 Å². The van der Waals surface area contributed by atoms with Crippen LogP contribution in [-0.2, 0) is 0 Å². The van der Waals surface area contributed by atoms with Crippen LogP contribution in [0.1, 0.15) is 23.1 Å². The fourth-order valence-electron chi connectivity index (χ4n) is 2.16. The molecule has 2 atom stereocenters. The zero-order valence-electron chi connectivity index (χ0n) is 10.9. The lowest BCUT2D eigenvalue weighted by Crippen LogP contribution is -2.20. The molecule has 0 amide bonds. The summed E-state index contributed by atoms with van der Waals surface area (Å²) in [6.07, 6.45) is -0.962. The van der Waals surface area contributed by atoms with Gasteiger partial charge in [0.1, 0.15) is 5.82 Å². The lowest BCUT2D eigenvalue weighted by molar-refractivity contribution is 0.147. The molecular formula is C15H13BrCl2FNO. The summed E-state index contributed by atoms with van der Waals surface area (Å²) in [4.78, 5) is 0. The second kappa shape index (κ2) is 7.07. The summed E-state index contributed by atoms with van der Waals surface area (Å²) in [5.74, 6) is -0.889. The molecule has 112 valence electrons. The molecule has 2 aromatic carbocycles. The number of benzene rings is 2. The van der Waals surface area contributed by atoms with Gasteiger partial charge in [0.2, 0.25) is 0 Å². The molecule has 21 heavy (non-hydrogen) atoms. The van der Waals surface area contributed by atoms with Crippen molar-refractivity contribution in [3.05, 3.63) is 67.9 Å². The maximum absolute atomic E-state index is 13.6. The first-order valence-electron chi connectivity index (χ1n) is 6.22. The summed E-state index contributed by atoms with van der Waals surface area (Å²) < 4.78 is 13.9. The van der Waals surface area contributed by atoms with Gasteiger partial charge in [-0.15, -0.1) is 0 Å². The Morgan fingerprint density at radius 3 is 2.48 bits per heavy atom. The van der Waals surface area contributed by atoms with E-state index in [2.05, 4.69) is 15.9 Å². The largest absolute Gasteiger partial charge is 0.388 e. The quantitative estimate of drug-likeness (QED) is 0.793. The Morgan fingerprint density at radius 1 is 1.19 bits per heavy atom. The molecule has 6 heteroatoms. The smallest absolute Gasteiger partial charge is 0.137 e. The van der Waals surface area contributed by atoms with Gasteiger partial charge in [0.15, 0.2) is 0 Å². The summed E-state index contributed by atoms with van der Waals surface area (Å²) in [7, 11) is 0. The topological polar surface area (TPSA) is 46.2 Å². The second-order valence-electron chi connectivity index (χ2n) is 4.63. The van der Waals surface area contributed by atoms with E-state index in [1.807, 2.05) is 0 Å².